The van der Waals surface area contributed by atoms with Gasteiger partial charge in [-0.3, -0.25) is 9.69 Å². The molecule has 2 aliphatic heterocycles. The van der Waals surface area contributed by atoms with E-state index in [9.17, 15) is 9.18 Å². The van der Waals surface area contributed by atoms with Crippen LogP contribution in [0.25, 0.3) is 0 Å². The Labute approximate surface area is 172 Å². The summed E-state index contributed by atoms with van der Waals surface area (Å²) in [5.41, 5.74) is 7.62. The van der Waals surface area contributed by atoms with E-state index < -0.39 is 11.4 Å². The van der Waals surface area contributed by atoms with Crippen molar-refractivity contribution >= 4 is 23.6 Å². The van der Waals surface area contributed by atoms with Gasteiger partial charge in [0.15, 0.2) is 5.96 Å². The van der Waals surface area contributed by atoms with Crippen molar-refractivity contribution in [2.24, 2.45) is 10.7 Å². The van der Waals surface area contributed by atoms with E-state index >= 15 is 0 Å². The Morgan fingerprint density at radius 2 is 2.10 bits per heavy atom. The van der Waals surface area contributed by atoms with Crippen LogP contribution < -0.4 is 5.73 Å². The van der Waals surface area contributed by atoms with Gasteiger partial charge in [0.2, 0.25) is 0 Å². The Hall–Kier alpha value is -3.11. The predicted octanol–water partition coefficient (Wildman–Crippen LogP) is 4.07. The van der Waals surface area contributed by atoms with Crippen LogP contribution in [-0.4, -0.2) is 23.8 Å². The number of nitriles is 1. The van der Waals surface area contributed by atoms with Gasteiger partial charge in [-0.05, 0) is 42.7 Å². The highest BCUT2D eigenvalue weighted by Gasteiger charge is 2.41. The Balaban J connectivity index is 1.74. The maximum atomic E-state index is 13.7. The van der Waals surface area contributed by atoms with Crippen LogP contribution in [0.15, 0.2) is 58.4 Å². The van der Waals surface area contributed by atoms with Crippen LogP contribution in [0.1, 0.15) is 45.6 Å². The number of amides is 1. The van der Waals surface area contributed by atoms with Crippen LogP contribution in [0.4, 0.5) is 4.39 Å². The Kier molecular flexibility index (Phi) is 4.67. The molecule has 2 aliphatic rings. The second-order valence-corrected chi connectivity index (χ2v) is 8.46. The first kappa shape index (κ1) is 19.2. The van der Waals surface area contributed by atoms with Crippen molar-refractivity contribution in [2.75, 3.05) is 7.05 Å². The largest absolute Gasteiger partial charge is 0.369 e. The zero-order chi connectivity index (χ0) is 20.8. The van der Waals surface area contributed by atoms with E-state index in [1.54, 1.807) is 37.0 Å². The SMILES string of the molecule is CN1C(=O)c2ccccc2C(C)(C2=CCC(c3ccc(F)c(C#N)c3)S2)N=C1N. The summed E-state index contributed by atoms with van der Waals surface area (Å²) in [6.45, 7) is 1.96. The topological polar surface area (TPSA) is 82.5 Å². The lowest BCUT2D eigenvalue weighted by Gasteiger charge is -2.28. The van der Waals surface area contributed by atoms with Crippen molar-refractivity contribution in [1.29, 1.82) is 5.26 Å². The molecule has 2 unspecified atom stereocenters. The third-order valence-corrected chi connectivity index (χ3v) is 6.98. The fraction of sp³-hybridized carbons (Fsp3) is 0.227. The average Bonchev–Trinajstić information content (AvgIpc) is 3.21. The Morgan fingerprint density at radius 1 is 1.34 bits per heavy atom. The molecular weight excluding hydrogens is 387 g/mol. The molecule has 0 aromatic heterocycles. The van der Waals surface area contributed by atoms with E-state index in [2.05, 4.69) is 6.08 Å². The number of halogens is 1. The second kappa shape index (κ2) is 7.05. The lowest BCUT2D eigenvalue weighted by molar-refractivity contribution is 0.0870. The third-order valence-electron chi connectivity index (χ3n) is 5.42. The van der Waals surface area contributed by atoms with Crippen molar-refractivity contribution in [3.05, 3.63) is 81.5 Å². The number of hydrogen-bond acceptors (Lipinski definition) is 5. The Morgan fingerprint density at radius 3 is 2.86 bits per heavy atom. The van der Waals surface area contributed by atoms with E-state index in [1.165, 1.54) is 11.0 Å². The second-order valence-electron chi connectivity index (χ2n) is 7.21. The molecule has 2 atom stereocenters. The molecule has 1 amide bonds. The van der Waals surface area contributed by atoms with Gasteiger partial charge in [-0.25, -0.2) is 9.38 Å². The summed E-state index contributed by atoms with van der Waals surface area (Å²) in [4.78, 5) is 19.9. The molecule has 0 fully saturated rings. The van der Waals surface area contributed by atoms with Crippen LogP contribution in [0.2, 0.25) is 0 Å². The first-order valence-electron chi connectivity index (χ1n) is 9.15. The van der Waals surface area contributed by atoms with E-state index in [-0.39, 0.29) is 22.7 Å². The van der Waals surface area contributed by atoms with E-state index in [0.717, 1.165) is 16.0 Å². The van der Waals surface area contributed by atoms with E-state index in [0.29, 0.717) is 12.0 Å². The summed E-state index contributed by atoms with van der Waals surface area (Å²) in [7, 11) is 1.62. The van der Waals surface area contributed by atoms with Crippen LogP contribution >= 0.6 is 11.8 Å². The van der Waals surface area contributed by atoms with Crippen molar-refractivity contribution in [2.45, 2.75) is 24.1 Å². The number of nitrogens with two attached hydrogens (primary N) is 1. The molecule has 2 heterocycles. The monoisotopic (exact) mass is 406 g/mol. The number of guanidine groups is 1. The summed E-state index contributed by atoms with van der Waals surface area (Å²) in [6.07, 6.45) is 2.81. The number of rotatable bonds is 2. The first-order chi connectivity index (χ1) is 13.8. The molecule has 5 nitrogen and oxygen atoms in total. The number of hydrogen-bond donors (Lipinski definition) is 1. The van der Waals surface area contributed by atoms with Gasteiger partial charge >= 0.3 is 0 Å². The molecule has 7 heteroatoms. The van der Waals surface area contributed by atoms with Gasteiger partial charge in [-0.15, -0.1) is 11.8 Å². The number of fused-ring (bicyclic) bond motifs is 1. The van der Waals surface area contributed by atoms with Gasteiger partial charge in [0.25, 0.3) is 5.91 Å². The van der Waals surface area contributed by atoms with Crippen LogP contribution in [-0.2, 0) is 5.54 Å². The molecule has 0 bridgehead atoms. The number of nitrogens with zero attached hydrogens (tertiary/aromatic N) is 3. The number of carbonyl (C=O) groups excluding carboxylic acids is 1. The smallest absolute Gasteiger partial charge is 0.260 e. The highest BCUT2D eigenvalue weighted by Crippen LogP contribution is 2.53. The van der Waals surface area contributed by atoms with Crippen molar-refractivity contribution in [3.8, 4) is 6.07 Å². The summed E-state index contributed by atoms with van der Waals surface area (Å²) >= 11 is 1.61. The van der Waals surface area contributed by atoms with Gasteiger partial charge in [0.1, 0.15) is 17.4 Å². The maximum Gasteiger partial charge on any atom is 0.260 e. The summed E-state index contributed by atoms with van der Waals surface area (Å²) in [5, 5.41) is 9.16. The standard InChI is InChI=1S/C22H19FN4OS/c1-22(16-6-4-3-5-15(16)20(28)27(2)21(25)26-22)19-10-9-18(29-19)13-7-8-17(23)14(11-13)12-24/h3-8,10-11,18H,9H2,1-2H3,(H2,25,26). The van der Waals surface area contributed by atoms with Gasteiger partial charge < -0.3 is 5.73 Å². The molecule has 0 saturated carbocycles. The summed E-state index contributed by atoms with van der Waals surface area (Å²) in [6, 6.07) is 13.9. The molecule has 0 saturated heterocycles. The van der Waals surface area contributed by atoms with Gasteiger partial charge in [0, 0.05) is 22.8 Å². The van der Waals surface area contributed by atoms with Crippen molar-refractivity contribution < 1.29 is 9.18 Å². The van der Waals surface area contributed by atoms with Crippen molar-refractivity contribution in [3.63, 3.8) is 0 Å². The fourth-order valence-corrected chi connectivity index (χ4v) is 5.10. The van der Waals surface area contributed by atoms with Crippen LogP contribution in [0.3, 0.4) is 0 Å². The molecule has 2 aromatic carbocycles. The number of aliphatic imine (C=N–C) groups is 1. The number of allylic oxidation sites excluding steroid dienone is 1. The minimum atomic E-state index is -0.807. The van der Waals surface area contributed by atoms with Crippen molar-refractivity contribution in [1.82, 2.24) is 4.90 Å². The molecular formula is C22H19FN4OS. The minimum absolute atomic E-state index is 0.0368. The normalized spacial score (nSPS) is 23.7. The third kappa shape index (κ3) is 3.10. The highest BCUT2D eigenvalue weighted by atomic mass is 32.2. The molecule has 4 rings (SSSR count). The number of benzene rings is 2. The molecule has 29 heavy (non-hydrogen) atoms. The predicted molar refractivity (Wildman–Crippen MR) is 112 cm³/mol. The molecule has 2 N–H and O–H groups in total. The number of carbonyl (C=O) groups is 1. The molecule has 2 aromatic rings. The van der Waals surface area contributed by atoms with E-state index in [4.69, 9.17) is 16.0 Å². The lowest BCUT2D eigenvalue weighted by Crippen LogP contribution is -2.38. The maximum absolute atomic E-state index is 13.7. The van der Waals surface area contributed by atoms with Crippen LogP contribution in [0.5, 0.6) is 0 Å². The lowest BCUT2D eigenvalue weighted by atomic mass is 9.87. The zero-order valence-electron chi connectivity index (χ0n) is 16.0. The van der Waals surface area contributed by atoms with Gasteiger partial charge in [0.05, 0.1) is 5.56 Å². The summed E-state index contributed by atoms with van der Waals surface area (Å²) < 4.78 is 13.7. The van der Waals surface area contributed by atoms with Gasteiger partial charge in [-0.2, -0.15) is 5.26 Å². The quantitative estimate of drug-likeness (QED) is 0.815. The molecule has 0 radical (unpaired) electrons. The molecule has 0 spiro atoms. The minimum Gasteiger partial charge on any atom is -0.369 e. The van der Waals surface area contributed by atoms with Gasteiger partial charge in [-0.1, -0.05) is 30.3 Å². The molecule has 146 valence electrons. The zero-order valence-corrected chi connectivity index (χ0v) is 16.8. The first-order valence-corrected chi connectivity index (χ1v) is 10.0. The van der Waals surface area contributed by atoms with Crippen LogP contribution in [0, 0.1) is 17.1 Å². The summed E-state index contributed by atoms with van der Waals surface area (Å²) in [5.74, 6) is -0.550. The van der Waals surface area contributed by atoms with E-state index in [1.807, 2.05) is 31.2 Å². The highest BCUT2D eigenvalue weighted by molar-refractivity contribution is 8.03. The average molecular weight is 406 g/mol. The Bertz CT molecular complexity index is 1120. The molecule has 0 aliphatic carbocycles. The fourth-order valence-electron chi connectivity index (χ4n) is 3.74. The number of thioether (sulfide) groups is 1.